The molecule has 2 aromatic rings. The van der Waals surface area contributed by atoms with Crippen LogP contribution in [0.1, 0.15) is 45.6 Å². The van der Waals surface area contributed by atoms with E-state index in [9.17, 15) is 4.79 Å². The first-order valence-corrected chi connectivity index (χ1v) is 11.4. The zero-order valence-electron chi connectivity index (χ0n) is 18.3. The first-order chi connectivity index (χ1) is 14.6. The van der Waals surface area contributed by atoms with Gasteiger partial charge in [0.2, 0.25) is 0 Å². The summed E-state index contributed by atoms with van der Waals surface area (Å²) in [6.45, 7) is 10.3. The smallest absolute Gasteiger partial charge is 0.261 e. The van der Waals surface area contributed by atoms with Gasteiger partial charge in [-0.2, -0.15) is 0 Å². The number of carbonyl (C=O) groups is 1. The third kappa shape index (κ3) is 5.33. The highest BCUT2D eigenvalue weighted by Crippen LogP contribution is 2.32. The molecule has 1 aromatic carbocycles. The van der Waals surface area contributed by atoms with Crippen LogP contribution in [0.2, 0.25) is 0 Å². The maximum absolute atomic E-state index is 12.8. The van der Waals surface area contributed by atoms with Crippen molar-refractivity contribution >= 4 is 17.2 Å². The molecule has 1 aliphatic heterocycles. The highest BCUT2D eigenvalue weighted by Gasteiger charge is 2.25. The summed E-state index contributed by atoms with van der Waals surface area (Å²) in [5, 5.41) is 3.15. The Morgan fingerprint density at radius 2 is 2.00 bits per heavy atom. The van der Waals surface area contributed by atoms with Crippen LogP contribution in [-0.4, -0.2) is 57.4 Å². The van der Waals surface area contributed by atoms with E-state index in [0.29, 0.717) is 32.1 Å². The van der Waals surface area contributed by atoms with E-state index in [0.717, 1.165) is 35.7 Å². The van der Waals surface area contributed by atoms with Gasteiger partial charge in [0.1, 0.15) is 0 Å². The molecule has 0 saturated carbocycles. The SMILES string of the molecule is CCOc1ccc(C(CNC(=O)c2cc(C)c(CC)s2)N2CCOCC2)cc1OC. The van der Waals surface area contributed by atoms with E-state index in [1.807, 2.05) is 25.1 Å². The summed E-state index contributed by atoms with van der Waals surface area (Å²) in [6.07, 6.45) is 0.951. The molecule has 0 radical (unpaired) electrons. The number of amides is 1. The average Bonchev–Trinajstić information content (AvgIpc) is 3.16. The Kier molecular flexibility index (Phi) is 8.13. The number of benzene rings is 1. The molecule has 3 rings (SSSR count). The normalized spacial score (nSPS) is 15.6. The van der Waals surface area contributed by atoms with Crippen LogP contribution in [0.4, 0.5) is 0 Å². The second kappa shape index (κ2) is 10.8. The minimum absolute atomic E-state index is 0.0149. The zero-order chi connectivity index (χ0) is 21.5. The lowest BCUT2D eigenvalue weighted by atomic mass is 10.0. The van der Waals surface area contributed by atoms with Gasteiger partial charge in [-0.05, 0) is 49.6 Å². The summed E-state index contributed by atoms with van der Waals surface area (Å²) in [7, 11) is 1.65. The van der Waals surface area contributed by atoms with Crippen LogP contribution in [0.25, 0.3) is 0 Å². The average molecular weight is 433 g/mol. The van der Waals surface area contributed by atoms with Crippen molar-refractivity contribution in [2.45, 2.75) is 33.2 Å². The third-order valence-electron chi connectivity index (χ3n) is 5.38. The molecule has 1 saturated heterocycles. The van der Waals surface area contributed by atoms with Crippen molar-refractivity contribution in [1.82, 2.24) is 10.2 Å². The van der Waals surface area contributed by atoms with Crippen LogP contribution in [0.15, 0.2) is 24.3 Å². The number of nitrogens with one attached hydrogen (secondary N) is 1. The third-order valence-corrected chi connectivity index (χ3v) is 6.76. The molecule has 1 fully saturated rings. The van der Waals surface area contributed by atoms with Crippen LogP contribution in [0.5, 0.6) is 11.5 Å². The number of hydrogen-bond donors (Lipinski definition) is 1. The van der Waals surface area contributed by atoms with E-state index in [2.05, 4.69) is 30.1 Å². The second-order valence-electron chi connectivity index (χ2n) is 7.29. The highest BCUT2D eigenvalue weighted by atomic mass is 32.1. The van der Waals surface area contributed by atoms with Gasteiger partial charge in [-0.15, -0.1) is 11.3 Å². The van der Waals surface area contributed by atoms with E-state index < -0.39 is 0 Å². The van der Waals surface area contributed by atoms with Crippen LogP contribution in [0, 0.1) is 6.92 Å². The van der Waals surface area contributed by atoms with Crippen molar-refractivity contribution in [3.8, 4) is 11.5 Å². The summed E-state index contributed by atoms with van der Waals surface area (Å²) in [4.78, 5) is 17.2. The van der Waals surface area contributed by atoms with Gasteiger partial charge in [0.15, 0.2) is 11.5 Å². The molecule has 164 valence electrons. The Morgan fingerprint density at radius 3 is 2.63 bits per heavy atom. The maximum atomic E-state index is 12.8. The van der Waals surface area contributed by atoms with Crippen molar-refractivity contribution in [2.24, 2.45) is 0 Å². The number of morpholine rings is 1. The number of thiophene rings is 1. The summed E-state index contributed by atoms with van der Waals surface area (Å²) in [5.74, 6) is 1.43. The van der Waals surface area contributed by atoms with Crippen LogP contribution in [-0.2, 0) is 11.2 Å². The van der Waals surface area contributed by atoms with E-state index in [-0.39, 0.29) is 11.9 Å². The fourth-order valence-electron chi connectivity index (χ4n) is 3.77. The van der Waals surface area contributed by atoms with E-state index >= 15 is 0 Å². The number of hydrogen-bond acceptors (Lipinski definition) is 6. The van der Waals surface area contributed by atoms with E-state index in [4.69, 9.17) is 14.2 Å². The molecule has 1 amide bonds. The molecule has 1 aromatic heterocycles. The van der Waals surface area contributed by atoms with Crippen LogP contribution < -0.4 is 14.8 Å². The summed E-state index contributed by atoms with van der Waals surface area (Å²) in [5.41, 5.74) is 2.28. The molecule has 0 spiro atoms. The molecule has 7 heteroatoms. The number of carbonyl (C=O) groups excluding carboxylic acids is 1. The van der Waals surface area contributed by atoms with Gasteiger partial charge in [0.25, 0.3) is 5.91 Å². The number of aryl methyl sites for hydroxylation is 2. The van der Waals surface area contributed by atoms with Crippen molar-refractivity contribution < 1.29 is 19.0 Å². The van der Waals surface area contributed by atoms with Crippen molar-refractivity contribution in [3.05, 3.63) is 45.1 Å². The Balaban J connectivity index is 1.79. The standard InChI is InChI=1S/C23H32N2O4S/c1-5-21-16(3)13-22(30-21)23(26)24-15-18(25-9-11-28-12-10-25)17-7-8-19(29-6-2)20(14-17)27-4/h7-8,13-14,18H,5-6,9-12,15H2,1-4H3,(H,24,26). The highest BCUT2D eigenvalue weighted by molar-refractivity contribution is 7.14. The minimum atomic E-state index is -0.0149. The molecule has 2 heterocycles. The summed E-state index contributed by atoms with van der Waals surface area (Å²) < 4.78 is 16.7. The van der Waals surface area contributed by atoms with Crippen LogP contribution in [0.3, 0.4) is 0 Å². The predicted molar refractivity (Wildman–Crippen MR) is 120 cm³/mol. The fraction of sp³-hybridized carbons (Fsp3) is 0.522. The molecule has 30 heavy (non-hydrogen) atoms. The maximum Gasteiger partial charge on any atom is 0.261 e. The molecular weight excluding hydrogens is 400 g/mol. The van der Waals surface area contributed by atoms with Crippen molar-refractivity contribution in [2.75, 3.05) is 46.6 Å². The molecular formula is C23H32N2O4S. The molecule has 1 unspecified atom stereocenters. The largest absolute Gasteiger partial charge is 0.493 e. The Labute approximate surface area is 183 Å². The number of rotatable bonds is 9. The van der Waals surface area contributed by atoms with Crippen LogP contribution >= 0.6 is 11.3 Å². The Bertz CT molecular complexity index is 846. The van der Waals surface area contributed by atoms with Gasteiger partial charge in [-0.25, -0.2) is 0 Å². The quantitative estimate of drug-likeness (QED) is 0.653. The second-order valence-corrected chi connectivity index (χ2v) is 8.42. The predicted octanol–water partition coefficient (Wildman–Crippen LogP) is 3.83. The van der Waals surface area contributed by atoms with Gasteiger partial charge >= 0.3 is 0 Å². The van der Waals surface area contributed by atoms with E-state index in [1.54, 1.807) is 18.4 Å². The van der Waals surface area contributed by atoms with Gasteiger partial charge in [0.05, 0.1) is 37.8 Å². The number of methoxy groups -OCH3 is 1. The van der Waals surface area contributed by atoms with Gasteiger partial charge < -0.3 is 19.5 Å². The van der Waals surface area contributed by atoms with Gasteiger partial charge in [0, 0.05) is 24.5 Å². The first kappa shape index (κ1) is 22.6. The zero-order valence-corrected chi connectivity index (χ0v) is 19.1. The molecule has 1 atom stereocenters. The number of nitrogens with zero attached hydrogens (tertiary/aromatic N) is 1. The first-order valence-electron chi connectivity index (χ1n) is 10.6. The minimum Gasteiger partial charge on any atom is -0.493 e. The summed E-state index contributed by atoms with van der Waals surface area (Å²) >= 11 is 1.58. The lowest BCUT2D eigenvalue weighted by Crippen LogP contribution is -2.43. The summed E-state index contributed by atoms with van der Waals surface area (Å²) in [6, 6.07) is 8.05. The van der Waals surface area contributed by atoms with Gasteiger partial charge in [-0.3, -0.25) is 9.69 Å². The molecule has 0 aliphatic carbocycles. The molecule has 1 aliphatic rings. The molecule has 6 nitrogen and oxygen atoms in total. The topological polar surface area (TPSA) is 60.0 Å². The molecule has 0 bridgehead atoms. The Morgan fingerprint density at radius 1 is 1.23 bits per heavy atom. The van der Waals surface area contributed by atoms with Gasteiger partial charge in [-0.1, -0.05) is 13.0 Å². The lowest BCUT2D eigenvalue weighted by molar-refractivity contribution is 0.0162. The van der Waals surface area contributed by atoms with E-state index in [1.165, 1.54) is 10.4 Å². The monoisotopic (exact) mass is 432 g/mol. The Hall–Kier alpha value is -2.09. The van der Waals surface area contributed by atoms with Crippen molar-refractivity contribution in [1.29, 1.82) is 0 Å². The lowest BCUT2D eigenvalue weighted by Gasteiger charge is -2.35. The fourth-order valence-corrected chi connectivity index (χ4v) is 4.80. The molecule has 1 N–H and O–H groups in total. The van der Waals surface area contributed by atoms with Crippen molar-refractivity contribution in [3.63, 3.8) is 0 Å². The number of ether oxygens (including phenoxy) is 3.